The topological polar surface area (TPSA) is 54.0 Å². The van der Waals surface area contributed by atoms with Gasteiger partial charge in [0.25, 0.3) is 0 Å². The van der Waals surface area contributed by atoms with Crippen LogP contribution in [0.5, 0.6) is 0 Å². The number of hydrogen-bond donors (Lipinski definition) is 2. The van der Waals surface area contributed by atoms with Crippen LogP contribution in [0.15, 0.2) is 48.8 Å². The molecule has 104 valence electrons. The van der Waals surface area contributed by atoms with E-state index < -0.39 is 0 Å². The molecule has 0 bridgehead atoms. The van der Waals surface area contributed by atoms with Crippen molar-refractivity contribution < 1.29 is 4.79 Å². The Bertz CT molecular complexity index is 557. The second kappa shape index (κ2) is 7.03. The van der Waals surface area contributed by atoms with Crippen molar-refractivity contribution in [2.24, 2.45) is 0 Å². The van der Waals surface area contributed by atoms with Gasteiger partial charge < -0.3 is 10.6 Å². The van der Waals surface area contributed by atoms with Gasteiger partial charge in [-0.2, -0.15) is 0 Å². The molecule has 4 nitrogen and oxygen atoms in total. The predicted molar refractivity (Wildman–Crippen MR) is 79.6 cm³/mol. The van der Waals surface area contributed by atoms with Gasteiger partial charge in [-0.1, -0.05) is 23.7 Å². The minimum absolute atomic E-state index is 0.0655. The molecule has 0 unspecified atom stereocenters. The van der Waals surface area contributed by atoms with Crippen molar-refractivity contribution in [1.29, 1.82) is 0 Å². The summed E-state index contributed by atoms with van der Waals surface area (Å²) in [5.41, 5.74) is 1.96. The van der Waals surface area contributed by atoms with Crippen LogP contribution in [0.1, 0.15) is 17.2 Å². The molecule has 2 N–H and O–H groups in total. The summed E-state index contributed by atoms with van der Waals surface area (Å²) in [6, 6.07) is 11.0. The quantitative estimate of drug-likeness (QED) is 0.887. The minimum atomic E-state index is -0.212. The Kier molecular flexibility index (Phi) is 5.09. The average Bonchev–Trinajstić information content (AvgIpc) is 2.47. The van der Waals surface area contributed by atoms with Crippen LogP contribution in [0.4, 0.5) is 0 Å². The van der Waals surface area contributed by atoms with Crippen molar-refractivity contribution in [3.63, 3.8) is 0 Å². The van der Waals surface area contributed by atoms with Crippen LogP contribution in [-0.2, 0) is 4.79 Å². The molecule has 0 radical (unpaired) electrons. The average molecular weight is 290 g/mol. The van der Waals surface area contributed by atoms with Gasteiger partial charge in [-0.25, -0.2) is 0 Å². The Balaban J connectivity index is 2.29. The molecular weight excluding hydrogens is 274 g/mol. The number of nitrogens with one attached hydrogen (secondary N) is 2. The van der Waals surface area contributed by atoms with E-state index in [4.69, 9.17) is 11.6 Å². The third-order valence-electron chi connectivity index (χ3n) is 2.89. The Morgan fingerprint density at radius 3 is 2.35 bits per heavy atom. The van der Waals surface area contributed by atoms with Crippen molar-refractivity contribution in [3.05, 3.63) is 64.9 Å². The molecule has 1 amide bonds. The van der Waals surface area contributed by atoms with Crippen molar-refractivity contribution in [2.45, 2.75) is 6.04 Å². The molecule has 1 heterocycles. The van der Waals surface area contributed by atoms with E-state index in [9.17, 15) is 4.79 Å². The maximum Gasteiger partial charge on any atom is 0.234 e. The molecule has 20 heavy (non-hydrogen) atoms. The maximum absolute atomic E-state index is 11.9. The normalized spacial score (nSPS) is 11.9. The molecule has 0 fully saturated rings. The van der Waals surface area contributed by atoms with Crippen LogP contribution in [-0.4, -0.2) is 24.5 Å². The Morgan fingerprint density at radius 1 is 1.15 bits per heavy atom. The molecule has 0 aliphatic heterocycles. The number of carbonyl (C=O) groups excluding carboxylic acids is 1. The summed E-state index contributed by atoms with van der Waals surface area (Å²) in [7, 11) is 1.74. The standard InChI is InChI=1S/C15H16ClN3O/c1-17-10-14(20)19-15(12-6-8-18-9-7-12)11-2-4-13(16)5-3-11/h2-9,15,17H,10H2,1H3,(H,19,20)/t15-/m0/s1. The molecule has 0 aliphatic rings. The van der Waals surface area contributed by atoms with E-state index in [2.05, 4.69) is 15.6 Å². The first-order valence-electron chi connectivity index (χ1n) is 6.30. The van der Waals surface area contributed by atoms with E-state index in [0.29, 0.717) is 5.02 Å². The molecule has 2 aromatic rings. The lowest BCUT2D eigenvalue weighted by Gasteiger charge is -2.19. The lowest BCUT2D eigenvalue weighted by Crippen LogP contribution is -2.35. The molecular formula is C15H16ClN3O. The fourth-order valence-corrected chi connectivity index (χ4v) is 2.07. The molecule has 5 heteroatoms. The smallest absolute Gasteiger partial charge is 0.234 e. The first-order valence-corrected chi connectivity index (χ1v) is 6.68. The highest BCUT2D eigenvalue weighted by Gasteiger charge is 2.16. The van der Waals surface area contributed by atoms with Gasteiger partial charge in [-0.3, -0.25) is 9.78 Å². The van der Waals surface area contributed by atoms with Gasteiger partial charge in [-0.05, 0) is 42.4 Å². The number of halogens is 1. The van der Waals surface area contributed by atoms with Crippen LogP contribution in [0.2, 0.25) is 5.02 Å². The Hall–Kier alpha value is -1.91. The van der Waals surface area contributed by atoms with Gasteiger partial charge in [0.05, 0.1) is 12.6 Å². The molecule has 1 aromatic carbocycles. The number of aromatic nitrogens is 1. The van der Waals surface area contributed by atoms with E-state index >= 15 is 0 Å². The number of nitrogens with zero attached hydrogens (tertiary/aromatic N) is 1. The second-order valence-corrected chi connectivity index (χ2v) is 4.80. The highest BCUT2D eigenvalue weighted by Crippen LogP contribution is 2.23. The van der Waals surface area contributed by atoms with Crippen LogP contribution < -0.4 is 10.6 Å². The van der Waals surface area contributed by atoms with Gasteiger partial charge in [0, 0.05) is 17.4 Å². The third-order valence-corrected chi connectivity index (χ3v) is 3.14. The van der Waals surface area contributed by atoms with E-state index in [-0.39, 0.29) is 18.5 Å². The summed E-state index contributed by atoms with van der Waals surface area (Å²) in [5, 5.41) is 6.51. The van der Waals surface area contributed by atoms with Crippen molar-refractivity contribution in [2.75, 3.05) is 13.6 Å². The fraction of sp³-hybridized carbons (Fsp3) is 0.200. The fourth-order valence-electron chi connectivity index (χ4n) is 1.94. The number of rotatable bonds is 5. The largest absolute Gasteiger partial charge is 0.344 e. The predicted octanol–water partition coefficient (Wildman–Crippen LogP) is 2.16. The van der Waals surface area contributed by atoms with Gasteiger partial charge in [-0.15, -0.1) is 0 Å². The van der Waals surface area contributed by atoms with E-state index in [1.807, 2.05) is 36.4 Å². The zero-order chi connectivity index (χ0) is 14.4. The summed E-state index contributed by atoms with van der Waals surface area (Å²) in [6.45, 7) is 0.273. The molecule has 0 aliphatic carbocycles. The van der Waals surface area contributed by atoms with Crippen molar-refractivity contribution >= 4 is 17.5 Å². The number of hydrogen-bond acceptors (Lipinski definition) is 3. The van der Waals surface area contributed by atoms with Gasteiger partial charge in [0.1, 0.15) is 0 Å². The van der Waals surface area contributed by atoms with Crippen molar-refractivity contribution in [3.8, 4) is 0 Å². The monoisotopic (exact) mass is 289 g/mol. The summed E-state index contributed by atoms with van der Waals surface area (Å²) < 4.78 is 0. The van der Waals surface area contributed by atoms with E-state index in [0.717, 1.165) is 11.1 Å². The number of amides is 1. The van der Waals surface area contributed by atoms with E-state index in [1.165, 1.54) is 0 Å². The molecule has 1 aromatic heterocycles. The van der Waals surface area contributed by atoms with Gasteiger partial charge >= 0.3 is 0 Å². The van der Waals surface area contributed by atoms with Crippen LogP contribution in [0.3, 0.4) is 0 Å². The maximum atomic E-state index is 11.9. The number of carbonyl (C=O) groups is 1. The number of pyridine rings is 1. The minimum Gasteiger partial charge on any atom is -0.344 e. The molecule has 2 rings (SSSR count). The highest BCUT2D eigenvalue weighted by molar-refractivity contribution is 6.30. The SMILES string of the molecule is CNCC(=O)N[C@H](c1ccncc1)c1ccc(Cl)cc1. The van der Waals surface area contributed by atoms with Crippen LogP contribution >= 0.6 is 11.6 Å². The molecule has 0 saturated carbocycles. The summed E-state index contributed by atoms with van der Waals surface area (Å²) >= 11 is 5.91. The first kappa shape index (κ1) is 14.5. The first-order chi connectivity index (χ1) is 9.70. The zero-order valence-corrected chi connectivity index (χ0v) is 11.9. The summed E-state index contributed by atoms with van der Waals surface area (Å²) in [4.78, 5) is 15.9. The van der Waals surface area contributed by atoms with Gasteiger partial charge in [0.15, 0.2) is 0 Å². The Morgan fingerprint density at radius 2 is 1.75 bits per heavy atom. The number of benzene rings is 1. The zero-order valence-electron chi connectivity index (χ0n) is 11.1. The van der Waals surface area contributed by atoms with Gasteiger partial charge in [0.2, 0.25) is 5.91 Å². The van der Waals surface area contributed by atoms with E-state index in [1.54, 1.807) is 19.4 Å². The lowest BCUT2D eigenvalue weighted by molar-refractivity contribution is -0.120. The number of likely N-dealkylation sites (N-methyl/N-ethyl adjacent to an activating group) is 1. The molecule has 1 atom stereocenters. The van der Waals surface area contributed by atoms with Crippen LogP contribution in [0, 0.1) is 0 Å². The summed E-state index contributed by atoms with van der Waals surface area (Å²) in [6.07, 6.45) is 3.42. The summed E-state index contributed by atoms with van der Waals surface area (Å²) in [5.74, 6) is -0.0655. The highest BCUT2D eigenvalue weighted by atomic mass is 35.5. The lowest BCUT2D eigenvalue weighted by atomic mass is 9.99. The molecule has 0 spiro atoms. The van der Waals surface area contributed by atoms with Crippen LogP contribution in [0.25, 0.3) is 0 Å². The third kappa shape index (κ3) is 3.79. The Labute approximate surface area is 123 Å². The van der Waals surface area contributed by atoms with Crippen molar-refractivity contribution in [1.82, 2.24) is 15.6 Å². The second-order valence-electron chi connectivity index (χ2n) is 4.36. The molecule has 0 saturated heterocycles.